The van der Waals surface area contributed by atoms with E-state index in [4.69, 9.17) is 11.5 Å². The summed E-state index contributed by atoms with van der Waals surface area (Å²) in [4.78, 5) is 7.58. The number of aromatic nitrogens is 2. The number of pyridine rings is 2. The number of hydrogen-bond acceptors (Lipinski definition) is 4. The van der Waals surface area contributed by atoms with Crippen molar-refractivity contribution < 1.29 is 4.39 Å². The minimum Gasteiger partial charge on any atom is -0.383 e. The van der Waals surface area contributed by atoms with Gasteiger partial charge in [0.05, 0.1) is 12.2 Å². The maximum atomic E-state index is 13.5. The van der Waals surface area contributed by atoms with Crippen LogP contribution in [0, 0.1) is 5.82 Å². The van der Waals surface area contributed by atoms with Crippen molar-refractivity contribution in [2.45, 2.75) is 6.04 Å². The predicted octanol–water partition coefficient (Wildman–Crippen LogP) is 1.25. The Morgan fingerprint density at radius 3 is 2.69 bits per heavy atom. The third-order valence-electron chi connectivity index (χ3n) is 2.35. The SMILES string of the molecule is Nc1ncccc1C(N)c1ccncc1F. The van der Waals surface area contributed by atoms with E-state index < -0.39 is 11.9 Å². The highest BCUT2D eigenvalue weighted by molar-refractivity contribution is 5.45. The predicted molar refractivity (Wildman–Crippen MR) is 58.9 cm³/mol. The molecule has 0 aromatic carbocycles. The molecule has 2 heterocycles. The van der Waals surface area contributed by atoms with E-state index in [-0.39, 0.29) is 0 Å². The fraction of sp³-hybridized carbons (Fsp3) is 0.0909. The van der Waals surface area contributed by atoms with Crippen molar-refractivity contribution in [2.75, 3.05) is 5.73 Å². The molecule has 1 unspecified atom stereocenters. The fourth-order valence-electron chi connectivity index (χ4n) is 1.50. The van der Waals surface area contributed by atoms with Gasteiger partial charge >= 0.3 is 0 Å². The normalized spacial score (nSPS) is 12.4. The molecule has 0 aliphatic heterocycles. The maximum Gasteiger partial charge on any atom is 0.146 e. The molecule has 0 radical (unpaired) electrons. The summed E-state index contributed by atoms with van der Waals surface area (Å²) in [5, 5.41) is 0. The Balaban J connectivity index is 2.44. The standard InChI is InChI=1S/C11H11FN4/c12-9-6-15-5-3-7(9)10(13)8-2-1-4-16-11(8)14/h1-6,10H,13H2,(H2,14,16). The van der Waals surface area contributed by atoms with Crippen LogP contribution in [0.5, 0.6) is 0 Å². The van der Waals surface area contributed by atoms with Crippen LogP contribution in [0.2, 0.25) is 0 Å². The van der Waals surface area contributed by atoms with Crippen LogP contribution in [0.4, 0.5) is 10.2 Å². The molecule has 2 rings (SSSR count). The lowest BCUT2D eigenvalue weighted by Gasteiger charge is -2.14. The van der Waals surface area contributed by atoms with Gasteiger partial charge in [0, 0.05) is 23.5 Å². The summed E-state index contributed by atoms with van der Waals surface area (Å²) in [6.45, 7) is 0. The molecule has 1 atom stereocenters. The van der Waals surface area contributed by atoms with E-state index in [2.05, 4.69) is 9.97 Å². The molecular weight excluding hydrogens is 207 g/mol. The Hall–Kier alpha value is -2.01. The van der Waals surface area contributed by atoms with Crippen molar-refractivity contribution in [3.63, 3.8) is 0 Å². The molecule has 0 aliphatic rings. The molecule has 5 heteroatoms. The number of anilines is 1. The first kappa shape index (κ1) is 10.5. The molecule has 2 aromatic heterocycles. The summed E-state index contributed by atoms with van der Waals surface area (Å²) in [5.74, 6) is -0.135. The van der Waals surface area contributed by atoms with E-state index in [1.165, 1.54) is 12.3 Å². The number of halogens is 1. The average Bonchev–Trinajstić information content (AvgIpc) is 2.29. The summed E-state index contributed by atoms with van der Waals surface area (Å²) in [5.41, 5.74) is 12.6. The molecule has 82 valence electrons. The van der Waals surface area contributed by atoms with Gasteiger partial charge in [0.1, 0.15) is 11.6 Å². The first-order valence-corrected chi connectivity index (χ1v) is 4.75. The maximum absolute atomic E-state index is 13.5. The fourth-order valence-corrected chi connectivity index (χ4v) is 1.50. The van der Waals surface area contributed by atoms with E-state index in [0.717, 1.165) is 6.20 Å². The minimum absolute atomic E-state index is 0.311. The van der Waals surface area contributed by atoms with Gasteiger partial charge in [-0.05, 0) is 12.1 Å². The zero-order valence-electron chi connectivity index (χ0n) is 8.47. The Morgan fingerprint density at radius 2 is 2.00 bits per heavy atom. The largest absolute Gasteiger partial charge is 0.383 e. The number of rotatable bonds is 2. The molecule has 4 nitrogen and oxygen atoms in total. The molecule has 0 aliphatic carbocycles. The molecule has 0 spiro atoms. The van der Waals surface area contributed by atoms with Gasteiger partial charge in [-0.2, -0.15) is 0 Å². The van der Waals surface area contributed by atoms with Gasteiger partial charge in [-0.3, -0.25) is 4.98 Å². The summed E-state index contributed by atoms with van der Waals surface area (Å²) < 4.78 is 13.5. The van der Waals surface area contributed by atoms with E-state index in [1.54, 1.807) is 18.3 Å². The molecule has 16 heavy (non-hydrogen) atoms. The van der Waals surface area contributed by atoms with Crippen LogP contribution in [0.25, 0.3) is 0 Å². The molecule has 0 saturated heterocycles. The second-order valence-electron chi connectivity index (χ2n) is 3.35. The Labute approximate surface area is 92.1 Å². The summed E-state index contributed by atoms with van der Waals surface area (Å²) in [7, 11) is 0. The molecule has 2 aromatic rings. The van der Waals surface area contributed by atoms with Gasteiger partial charge in [-0.1, -0.05) is 6.07 Å². The zero-order chi connectivity index (χ0) is 11.5. The van der Waals surface area contributed by atoms with Gasteiger partial charge < -0.3 is 11.5 Å². The van der Waals surface area contributed by atoms with Crippen molar-refractivity contribution >= 4 is 5.82 Å². The quantitative estimate of drug-likeness (QED) is 0.795. The third kappa shape index (κ3) is 1.85. The molecule has 0 amide bonds. The van der Waals surface area contributed by atoms with Crippen LogP contribution in [0.15, 0.2) is 36.8 Å². The highest BCUT2D eigenvalue weighted by atomic mass is 19.1. The van der Waals surface area contributed by atoms with Crippen LogP contribution >= 0.6 is 0 Å². The van der Waals surface area contributed by atoms with Crippen LogP contribution < -0.4 is 11.5 Å². The minimum atomic E-state index is -0.628. The van der Waals surface area contributed by atoms with Crippen molar-refractivity contribution in [2.24, 2.45) is 5.73 Å². The van der Waals surface area contributed by atoms with Crippen molar-refractivity contribution in [3.8, 4) is 0 Å². The second-order valence-corrected chi connectivity index (χ2v) is 3.35. The monoisotopic (exact) mass is 218 g/mol. The lowest BCUT2D eigenvalue weighted by atomic mass is 10.0. The summed E-state index contributed by atoms with van der Waals surface area (Å²) >= 11 is 0. The summed E-state index contributed by atoms with van der Waals surface area (Å²) in [6, 6.07) is 4.35. The van der Waals surface area contributed by atoms with Gasteiger partial charge in [-0.25, -0.2) is 9.37 Å². The molecule has 0 fully saturated rings. The molecule has 4 N–H and O–H groups in total. The van der Waals surface area contributed by atoms with Crippen molar-refractivity contribution in [1.82, 2.24) is 9.97 Å². The van der Waals surface area contributed by atoms with Gasteiger partial charge in [0.2, 0.25) is 0 Å². The van der Waals surface area contributed by atoms with Gasteiger partial charge in [-0.15, -0.1) is 0 Å². The first-order valence-electron chi connectivity index (χ1n) is 4.75. The number of hydrogen-bond donors (Lipinski definition) is 2. The third-order valence-corrected chi connectivity index (χ3v) is 2.35. The van der Waals surface area contributed by atoms with Gasteiger partial charge in [0.15, 0.2) is 0 Å². The lowest BCUT2D eigenvalue weighted by molar-refractivity contribution is 0.593. The van der Waals surface area contributed by atoms with E-state index >= 15 is 0 Å². The molecular formula is C11H11FN4. The van der Waals surface area contributed by atoms with E-state index in [0.29, 0.717) is 16.9 Å². The second kappa shape index (κ2) is 4.24. The molecule has 0 saturated carbocycles. The van der Waals surface area contributed by atoms with Crippen molar-refractivity contribution in [1.29, 1.82) is 0 Å². The Bertz CT molecular complexity index is 455. The van der Waals surface area contributed by atoms with Crippen molar-refractivity contribution in [3.05, 3.63) is 53.7 Å². The van der Waals surface area contributed by atoms with E-state index in [9.17, 15) is 4.39 Å². The van der Waals surface area contributed by atoms with Crippen LogP contribution in [0.1, 0.15) is 17.2 Å². The highest BCUT2D eigenvalue weighted by Crippen LogP contribution is 2.24. The topological polar surface area (TPSA) is 77.8 Å². The van der Waals surface area contributed by atoms with Crippen LogP contribution in [0.3, 0.4) is 0 Å². The number of nitrogens with zero attached hydrogens (tertiary/aromatic N) is 2. The first-order chi connectivity index (χ1) is 7.70. The summed E-state index contributed by atoms with van der Waals surface area (Å²) in [6.07, 6.45) is 4.18. The Kier molecular flexibility index (Phi) is 2.78. The van der Waals surface area contributed by atoms with Crippen LogP contribution in [-0.4, -0.2) is 9.97 Å². The average molecular weight is 218 g/mol. The van der Waals surface area contributed by atoms with E-state index in [1.807, 2.05) is 0 Å². The number of nitrogens with two attached hydrogens (primary N) is 2. The molecule has 0 bridgehead atoms. The van der Waals surface area contributed by atoms with Crippen LogP contribution in [-0.2, 0) is 0 Å². The zero-order valence-corrected chi connectivity index (χ0v) is 8.47. The highest BCUT2D eigenvalue weighted by Gasteiger charge is 2.15. The van der Waals surface area contributed by atoms with Gasteiger partial charge in [0.25, 0.3) is 0 Å². The smallest absolute Gasteiger partial charge is 0.146 e. The lowest BCUT2D eigenvalue weighted by Crippen LogP contribution is -2.16. The number of nitrogen functional groups attached to an aromatic ring is 1. The Morgan fingerprint density at radius 1 is 1.19 bits per heavy atom.